The molecule has 8 nitrogen and oxygen atoms in total. The molecule has 2 amide bonds. The number of benzene rings is 2. The van der Waals surface area contributed by atoms with Crippen LogP contribution in [0.4, 0.5) is 8.78 Å². The van der Waals surface area contributed by atoms with Gasteiger partial charge in [0.25, 0.3) is 11.8 Å². The largest absolute Gasteiger partial charge is 0.388 e. The minimum absolute atomic E-state index is 0.0717. The summed E-state index contributed by atoms with van der Waals surface area (Å²) in [5.41, 5.74) is 1.07. The van der Waals surface area contributed by atoms with Crippen molar-refractivity contribution in [1.82, 2.24) is 10.2 Å². The van der Waals surface area contributed by atoms with E-state index in [4.69, 9.17) is 9.47 Å². The molecule has 2 aromatic rings. The number of hydrogen-bond donors (Lipinski definition) is 3. The summed E-state index contributed by atoms with van der Waals surface area (Å²) >= 11 is 0. The Labute approximate surface area is 234 Å². The second-order valence-corrected chi connectivity index (χ2v) is 10.3. The molecule has 1 aliphatic rings. The molecule has 1 heterocycles. The molecule has 40 heavy (non-hydrogen) atoms. The molecule has 1 saturated heterocycles. The van der Waals surface area contributed by atoms with Crippen LogP contribution in [-0.2, 0) is 9.47 Å². The summed E-state index contributed by atoms with van der Waals surface area (Å²) in [7, 11) is 0. The molecular formula is C30H40F2N2O6. The summed E-state index contributed by atoms with van der Waals surface area (Å²) < 4.78 is 39.2. The van der Waals surface area contributed by atoms with E-state index in [0.717, 1.165) is 37.8 Å². The molecule has 0 bridgehead atoms. The third-order valence-electron chi connectivity index (χ3n) is 6.74. The van der Waals surface area contributed by atoms with Crippen LogP contribution in [-0.4, -0.2) is 78.1 Å². The van der Waals surface area contributed by atoms with E-state index in [1.54, 1.807) is 24.0 Å². The van der Waals surface area contributed by atoms with E-state index in [1.807, 2.05) is 13.8 Å². The van der Waals surface area contributed by atoms with Gasteiger partial charge in [-0.1, -0.05) is 13.8 Å². The highest BCUT2D eigenvalue weighted by Crippen LogP contribution is 2.24. The number of ether oxygens (including phenoxy) is 2. The van der Waals surface area contributed by atoms with E-state index in [0.29, 0.717) is 36.9 Å². The van der Waals surface area contributed by atoms with Crippen LogP contribution in [0.15, 0.2) is 36.4 Å². The van der Waals surface area contributed by atoms with Crippen molar-refractivity contribution >= 4 is 11.8 Å². The Hall–Kier alpha value is -2.92. The molecule has 4 atom stereocenters. The van der Waals surface area contributed by atoms with Crippen LogP contribution in [0.1, 0.15) is 77.4 Å². The van der Waals surface area contributed by atoms with Crippen molar-refractivity contribution in [3.8, 4) is 0 Å². The Morgan fingerprint density at radius 2 is 1.70 bits per heavy atom. The van der Waals surface area contributed by atoms with Gasteiger partial charge in [0.15, 0.2) is 0 Å². The number of halogens is 2. The number of aliphatic hydroxyl groups excluding tert-OH is 2. The van der Waals surface area contributed by atoms with Crippen molar-refractivity contribution in [3.05, 3.63) is 70.3 Å². The number of carbonyl (C=O) groups is 2. The molecule has 2 aromatic carbocycles. The van der Waals surface area contributed by atoms with Crippen LogP contribution >= 0.6 is 0 Å². The highest BCUT2D eigenvalue weighted by molar-refractivity contribution is 6.00. The van der Waals surface area contributed by atoms with Gasteiger partial charge < -0.3 is 29.9 Å². The van der Waals surface area contributed by atoms with Crippen LogP contribution in [0.25, 0.3) is 0 Å². The fourth-order valence-corrected chi connectivity index (χ4v) is 4.84. The summed E-state index contributed by atoms with van der Waals surface area (Å²) in [4.78, 5) is 28.3. The molecule has 2 unspecified atom stereocenters. The van der Waals surface area contributed by atoms with Crippen LogP contribution in [0.5, 0.6) is 0 Å². The molecular weight excluding hydrogens is 522 g/mol. The number of rotatable bonds is 14. The Morgan fingerprint density at radius 1 is 1.05 bits per heavy atom. The number of hydrogen-bond acceptors (Lipinski definition) is 6. The van der Waals surface area contributed by atoms with Gasteiger partial charge in [0.2, 0.25) is 0 Å². The van der Waals surface area contributed by atoms with E-state index >= 15 is 0 Å². The smallest absolute Gasteiger partial charge is 0.253 e. The number of carbonyl (C=O) groups excluding carboxylic acids is 2. The SMILES string of the molecule is CCCN(CCC)C(=O)c1cc(C)cc(C(=O)NC(c2cc(F)cc(F)c2)[C@@H](O)[C@H](O)COCC2CCCO2)c1. The summed E-state index contributed by atoms with van der Waals surface area (Å²) in [6.07, 6.45) is 0.0774. The first-order chi connectivity index (χ1) is 19.1. The summed E-state index contributed by atoms with van der Waals surface area (Å²) in [5.74, 6) is -2.69. The highest BCUT2D eigenvalue weighted by Gasteiger charge is 2.31. The van der Waals surface area contributed by atoms with E-state index in [2.05, 4.69) is 5.32 Å². The van der Waals surface area contributed by atoms with Crippen LogP contribution in [0, 0.1) is 18.6 Å². The topological polar surface area (TPSA) is 108 Å². The van der Waals surface area contributed by atoms with Crippen molar-refractivity contribution in [1.29, 1.82) is 0 Å². The van der Waals surface area contributed by atoms with Gasteiger partial charge in [-0.3, -0.25) is 9.59 Å². The maximum atomic E-state index is 14.1. The van der Waals surface area contributed by atoms with Gasteiger partial charge >= 0.3 is 0 Å². The number of amides is 2. The zero-order chi connectivity index (χ0) is 29.2. The zero-order valence-corrected chi connectivity index (χ0v) is 23.4. The fraction of sp³-hybridized carbons (Fsp3) is 0.533. The molecule has 3 rings (SSSR count). The number of aliphatic hydroxyl groups is 2. The van der Waals surface area contributed by atoms with Gasteiger partial charge in [-0.25, -0.2) is 8.78 Å². The highest BCUT2D eigenvalue weighted by atomic mass is 19.1. The Kier molecular flexibility index (Phi) is 12.0. The Morgan fingerprint density at radius 3 is 2.30 bits per heavy atom. The average Bonchev–Trinajstić information content (AvgIpc) is 3.43. The van der Waals surface area contributed by atoms with Crippen molar-refractivity contribution in [2.24, 2.45) is 0 Å². The first-order valence-corrected chi connectivity index (χ1v) is 13.9. The van der Waals surface area contributed by atoms with E-state index in [-0.39, 0.29) is 36.4 Å². The standard InChI is InChI=1S/C30H40F2N2O6/c1-4-8-34(9-5-2)30(38)22-12-19(3)11-21(13-22)29(37)33-27(20-14-23(31)16-24(32)15-20)28(36)26(35)18-39-17-25-7-6-10-40-25/h11-16,25-28,35-36H,4-10,17-18H2,1-3H3,(H,33,37)/t25?,26-,27?,28+/m1/s1. The first-order valence-electron chi connectivity index (χ1n) is 13.9. The van der Waals surface area contributed by atoms with Crippen LogP contribution in [0.3, 0.4) is 0 Å². The number of nitrogens with one attached hydrogen (secondary N) is 1. The molecule has 0 spiro atoms. The molecule has 0 radical (unpaired) electrons. The van der Waals surface area contributed by atoms with Gasteiger partial charge in [0.1, 0.15) is 23.8 Å². The molecule has 220 valence electrons. The molecule has 0 saturated carbocycles. The zero-order valence-electron chi connectivity index (χ0n) is 23.4. The molecule has 1 aliphatic heterocycles. The van der Waals surface area contributed by atoms with E-state index in [1.165, 1.54) is 6.07 Å². The van der Waals surface area contributed by atoms with Crippen molar-refractivity contribution < 1.29 is 38.1 Å². The summed E-state index contributed by atoms with van der Waals surface area (Å²) in [6, 6.07) is 5.99. The normalized spacial score (nSPS) is 17.3. The van der Waals surface area contributed by atoms with Crippen molar-refractivity contribution in [3.63, 3.8) is 0 Å². The van der Waals surface area contributed by atoms with Gasteiger partial charge in [0.05, 0.1) is 25.4 Å². The third kappa shape index (κ3) is 8.79. The minimum Gasteiger partial charge on any atom is -0.388 e. The van der Waals surface area contributed by atoms with Crippen molar-refractivity contribution in [2.75, 3.05) is 32.9 Å². The average molecular weight is 563 g/mol. The fourth-order valence-electron chi connectivity index (χ4n) is 4.84. The minimum atomic E-state index is -1.66. The predicted octanol–water partition coefficient (Wildman–Crippen LogP) is 3.92. The molecule has 0 aromatic heterocycles. The van der Waals surface area contributed by atoms with Gasteiger partial charge in [-0.2, -0.15) is 0 Å². The Bertz CT molecular complexity index is 1110. The van der Waals surface area contributed by atoms with Crippen LogP contribution < -0.4 is 5.32 Å². The molecule has 1 fully saturated rings. The molecule has 10 heteroatoms. The third-order valence-corrected chi connectivity index (χ3v) is 6.74. The lowest BCUT2D eigenvalue weighted by Crippen LogP contribution is -2.44. The van der Waals surface area contributed by atoms with Crippen LogP contribution in [0.2, 0.25) is 0 Å². The first kappa shape index (κ1) is 31.6. The second kappa shape index (κ2) is 15.2. The quantitative estimate of drug-likeness (QED) is 0.322. The monoisotopic (exact) mass is 562 g/mol. The lowest BCUT2D eigenvalue weighted by Gasteiger charge is -2.28. The van der Waals surface area contributed by atoms with E-state index < -0.39 is 35.8 Å². The Balaban J connectivity index is 1.83. The van der Waals surface area contributed by atoms with Gasteiger partial charge in [-0.15, -0.1) is 0 Å². The van der Waals surface area contributed by atoms with E-state index in [9.17, 15) is 28.6 Å². The lowest BCUT2D eigenvalue weighted by atomic mass is 9.96. The molecule has 0 aliphatic carbocycles. The predicted molar refractivity (Wildman–Crippen MR) is 146 cm³/mol. The summed E-state index contributed by atoms with van der Waals surface area (Å²) in [6.45, 7) is 7.45. The second-order valence-electron chi connectivity index (χ2n) is 10.3. The van der Waals surface area contributed by atoms with Crippen molar-refractivity contribution in [2.45, 2.75) is 70.8 Å². The van der Waals surface area contributed by atoms with Gasteiger partial charge in [0, 0.05) is 36.9 Å². The molecule has 3 N–H and O–H groups in total. The lowest BCUT2D eigenvalue weighted by molar-refractivity contribution is -0.0676. The maximum Gasteiger partial charge on any atom is 0.253 e. The number of nitrogens with zero attached hydrogens (tertiary/aromatic N) is 1. The summed E-state index contributed by atoms with van der Waals surface area (Å²) in [5, 5.41) is 24.3. The maximum absolute atomic E-state index is 14.1. The van der Waals surface area contributed by atoms with Gasteiger partial charge in [-0.05, 0) is 74.1 Å². The number of aryl methyl sites for hydroxylation is 1.